The van der Waals surface area contributed by atoms with Gasteiger partial charge < -0.3 is 10.6 Å². The molecule has 2 rings (SSSR count). The van der Waals surface area contributed by atoms with E-state index in [1.165, 1.54) is 57.8 Å². The number of carbonyl (C=O) groups excluding carboxylic acids is 1. The van der Waals surface area contributed by atoms with Crippen molar-refractivity contribution in [3.8, 4) is 0 Å². The molecule has 4 nitrogen and oxygen atoms in total. The van der Waals surface area contributed by atoms with E-state index in [1.807, 2.05) is 7.05 Å². The second kappa shape index (κ2) is 8.74. The number of rotatable bonds is 5. The van der Waals surface area contributed by atoms with Crippen LogP contribution in [0.3, 0.4) is 0 Å². The van der Waals surface area contributed by atoms with Gasteiger partial charge in [-0.25, -0.2) is 0 Å². The first-order valence-electron chi connectivity index (χ1n) is 8.91. The van der Waals surface area contributed by atoms with Crippen molar-refractivity contribution >= 4 is 5.91 Å². The van der Waals surface area contributed by atoms with Gasteiger partial charge in [0.05, 0.1) is 6.54 Å². The highest BCUT2D eigenvalue weighted by molar-refractivity contribution is 5.78. The predicted molar refractivity (Wildman–Crippen MR) is 87.4 cm³/mol. The fourth-order valence-electron chi connectivity index (χ4n) is 3.85. The maximum Gasteiger partial charge on any atom is 0.234 e. The third-order valence-electron chi connectivity index (χ3n) is 5.26. The first-order valence-corrected chi connectivity index (χ1v) is 8.91. The Kier molecular flexibility index (Phi) is 6.97. The zero-order chi connectivity index (χ0) is 15.1. The summed E-state index contributed by atoms with van der Waals surface area (Å²) >= 11 is 0. The summed E-state index contributed by atoms with van der Waals surface area (Å²) in [5.74, 6) is 0.233. The number of hydrogen-bond acceptors (Lipinski definition) is 3. The molecular weight excluding hydrogens is 262 g/mol. The van der Waals surface area contributed by atoms with Gasteiger partial charge in [0.2, 0.25) is 5.91 Å². The molecule has 2 N–H and O–H groups in total. The fourth-order valence-corrected chi connectivity index (χ4v) is 3.85. The molecule has 4 heteroatoms. The lowest BCUT2D eigenvalue weighted by Gasteiger charge is -2.39. The Balaban J connectivity index is 1.81. The van der Waals surface area contributed by atoms with E-state index >= 15 is 0 Å². The van der Waals surface area contributed by atoms with Gasteiger partial charge in [-0.1, -0.05) is 32.1 Å². The van der Waals surface area contributed by atoms with E-state index in [1.54, 1.807) is 0 Å². The van der Waals surface area contributed by atoms with Crippen molar-refractivity contribution in [2.24, 2.45) is 0 Å². The van der Waals surface area contributed by atoms with E-state index in [2.05, 4.69) is 22.5 Å². The number of likely N-dealkylation sites (tertiary alicyclic amines) is 1. The van der Waals surface area contributed by atoms with Crippen LogP contribution in [-0.2, 0) is 4.79 Å². The third kappa shape index (κ3) is 5.26. The summed E-state index contributed by atoms with van der Waals surface area (Å²) in [6.07, 6.45) is 11.3. The summed E-state index contributed by atoms with van der Waals surface area (Å²) < 4.78 is 0. The summed E-state index contributed by atoms with van der Waals surface area (Å²) in [6.45, 7) is 3.87. The van der Waals surface area contributed by atoms with Crippen LogP contribution < -0.4 is 10.6 Å². The first-order chi connectivity index (χ1) is 10.2. The molecule has 2 atom stereocenters. The van der Waals surface area contributed by atoms with Crippen molar-refractivity contribution in [1.29, 1.82) is 0 Å². The van der Waals surface area contributed by atoms with Gasteiger partial charge in [-0.15, -0.1) is 0 Å². The van der Waals surface area contributed by atoms with Gasteiger partial charge in [0, 0.05) is 18.1 Å². The number of nitrogens with zero attached hydrogens (tertiary/aromatic N) is 1. The Morgan fingerprint density at radius 2 is 1.76 bits per heavy atom. The Morgan fingerprint density at radius 3 is 2.43 bits per heavy atom. The maximum atomic E-state index is 12.4. The zero-order valence-electron chi connectivity index (χ0n) is 13.9. The largest absolute Gasteiger partial charge is 0.352 e. The lowest BCUT2D eigenvalue weighted by molar-refractivity contribution is -0.124. The molecule has 1 amide bonds. The van der Waals surface area contributed by atoms with Crippen molar-refractivity contribution in [2.75, 3.05) is 20.1 Å². The van der Waals surface area contributed by atoms with E-state index in [9.17, 15) is 4.79 Å². The average molecular weight is 295 g/mol. The van der Waals surface area contributed by atoms with Crippen LogP contribution in [0.4, 0.5) is 0 Å². The van der Waals surface area contributed by atoms with Gasteiger partial charge >= 0.3 is 0 Å². The Labute approximate surface area is 130 Å². The van der Waals surface area contributed by atoms with E-state index in [0.29, 0.717) is 24.7 Å². The smallest absolute Gasteiger partial charge is 0.234 e. The van der Waals surface area contributed by atoms with Crippen LogP contribution in [-0.4, -0.2) is 49.1 Å². The Hall–Kier alpha value is -0.610. The molecule has 2 aliphatic rings. The van der Waals surface area contributed by atoms with E-state index in [0.717, 1.165) is 6.54 Å². The highest BCUT2D eigenvalue weighted by Crippen LogP contribution is 2.20. The molecule has 1 aliphatic heterocycles. The molecule has 0 spiro atoms. The molecule has 2 fully saturated rings. The molecule has 0 aromatic carbocycles. The van der Waals surface area contributed by atoms with E-state index in [-0.39, 0.29) is 5.91 Å². The van der Waals surface area contributed by atoms with Gasteiger partial charge in [-0.2, -0.15) is 0 Å². The van der Waals surface area contributed by atoms with Gasteiger partial charge in [-0.05, 0) is 46.2 Å². The van der Waals surface area contributed by atoms with Gasteiger partial charge in [0.15, 0.2) is 0 Å². The van der Waals surface area contributed by atoms with Crippen molar-refractivity contribution in [2.45, 2.75) is 82.8 Å². The van der Waals surface area contributed by atoms with Crippen LogP contribution >= 0.6 is 0 Å². The molecule has 1 heterocycles. The highest BCUT2D eigenvalue weighted by Gasteiger charge is 2.28. The first kappa shape index (κ1) is 16.8. The maximum absolute atomic E-state index is 12.4. The molecule has 122 valence electrons. The number of amides is 1. The highest BCUT2D eigenvalue weighted by atomic mass is 16.2. The monoisotopic (exact) mass is 295 g/mol. The van der Waals surface area contributed by atoms with Crippen LogP contribution in [0.1, 0.15) is 64.7 Å². The summed E-state index contributed by atoms with van der Waals surface area (Å²) in [5, 5.41) is 6.64. The molecule has 21 heavy (non-hydrogen) atoms. The fraction of sp³-hybridized carbons (Fsp3) is 0.941. The number of likely N-dealkylation sites (N-methyl/N-ethyl adjacent to an activating group) is 1. The summed E-state index contributed by atoms with van der Waals surface area (Å²) in [7, 11) is 2.02. The van der Waals surface area contributed by atoms with Gasteiger partial charge in [-0.3, -0.25) is 9.69 Å². The van der Waals surface area contributed by atoms with Gasteiger partial charge in [0.25, 0.3) is 0 Å². The SMILES string of the molecule is CNC(C)C1CCCCN1CC(=O)NC1CCCCCC1. The van der Waals surface area contributed by atoms with Crippen molar-refractivity contribution in [3.63, 3.8) is 0 Å². The number of piperidine rings is 1. The van der Waals surface area contributed by atoms with Crippen LogP contribution in [0.5, 0.6) is 0 Å². The van der Waals surface area contributed by atoms with E-state index in [4.69, 9.17) is 0 Å². The average Bonchev–Trinajstić information content (AvgIpc) is 2.75. The lowest BCUT2D eigenvalue weighted by atomic mass is 9.96. The Bertz CT molecular complexity index is 313. The molecule has 2 unspecified atom stereocenters. The molecule has 1 aliphatic carbocycles. The normalized spacial score (nSPS) is 27.0. The minimum Gasteiger partial charge on any atom is -0.352 e. The minimum absolute atomic E-state index is 0.233. The molecule has 1 saturated carbocycles. The second-order valence-electron chi connectivity index (χ2n) is 6.87. The standard InChI is InChI=1S/C17H33N3O/c1-14(18-2)16-11-7-8-12-20(16)13-17(21)19-15-9-5-3-4-6-10-15/h14-16,18H,3-13H2,1-2H3,(H,19,21). The molecule has 0 aromatic heterocycles. The zero-order valence-corrected chi connectivity index (χ0v) is 13.9. The number of nitrogens with one attached hydrogen (secondary N) is 2. The molecule has 1 saturated heterocycles. The Morgan fingerprint density at radius 1 is 1.10 bits per heavy atom. The minimum atomic E-state index is 0.233. The summed E-state index contributed by atoms with van der Waals surface area (Å²) in [4.78, 5) is 14.8. The molecule has 0 aromatic rings. The van der Waals surface area contributed by atoms with Crippen LogP contribution in [0.25, 0.3) is 0 Å². The predicted octanol–water partition coefficient (Wildman–Crippen LogP) is 2.29. The van der Waals surface area contributed by atoms with Crippen molar-refractivity contribution < 1.29 is 4.79 Å². The van der Waals surface area contributed by atoms with Crippen LogP contribution in [0, 0.1) is 0 Å². The van der Waals surface area contributed by atoms with Crippen LogP contribution in [0.2, 0.25) is 0 Å². The van der Waals surface area contributed by atoms with E-state index < -0.39 is 0 Å². The van der Waals surface area contributed by atoms with Crippen molar-refractivity contribution in [3.05, 3.63) is 0 Å². The quantitative estimate of drug-likeness (QED) is 0.765. The molecular formula is C17H33N3O. The number of hydrogen-bond donors (Lipinski definition) is 2. The lowest BCUT2D eigenvalue weighted by Crippen LogP contribution is -2.53. The molecule has 0 radical (unpaired) electrons. The topological polar surface area (TPSA) is 44.4 Å². The molecule has 0 bridgehead atoms. The summed E-state index contributed by atoms with van der Waals surface area (Å²) in [6, 6.07) is 1.38. The van der Waals surface area contributed by atoms with Crippen LogP contribution in [0.15, 0.2) is 0 Å². The second-order valence-corrected chi connectivity index (χ2v) is 6.87. The number of carbonyl (C=O) groups is 1. The van der Waals surface area contributed by atoms with Crippen molar-refractivity contribution in [1.82, 2.24) is 15.5 Å². The summed E-state index contributed by atoms with van der Waals surface area (Å²) in [5.41, 5.74) is 0. The third-order valence-corrected chi connectivity index (χ3v) is 5.26. The van der Waals surface area contributed by atoms with Gasteiger partial charge in [0.1, 0.15) is 0 Å².